The van der Waals surface area contributed by atoms with Gasteiger partial charge < -0.3 is 5.32 Å². The van der Waals surface area contributed by atoms with Crippen molar-refractivity contribution in [2.75, 3.05) is 25.4 Å². The Morgan fingerprint density at radius 1 is 1.33 bits per heavy atom. The minimum Gasteiger partial charge on any atom is -0.312 e. The van der Waals surface area contributed by atoms with Crippen LogP contribution in [0.25, 0.3) is 0 Å². The summed E-state index contributed by atoms with van der Waals surface area (Å²) in [5.74, 6) is 0.333. The van der Waals surface area contributed by atoms with E-state index in [0.29, 0.717) is 18.8 Å². The van der Waals surface area contributed by atoms with Crippen molar-refractivity contribution in [1.82, 2.24) is 9.62 Å². The van der Waals surface area contributed by atoms with Gasteiger partial charge in [-0.2, -0.15) is 0 Å². The first kappa shape index (κ1) is 12.9. The van der Waals surface area contributed by atoms with E-state index in [1.807, 2.05) is 0 Å². The van der Waals surface area contributed by atoms with Crippen molar-refractivity contribution in [3.8, 4) is 0 Å². The lowest BCUT2D eigenvalue weighted by atomic mass is 10.1. The highest BCUT2D eigenvalue weighted by molar-refractivity contribution is 7.89. The molecule has 0 saturated carbocycles. The SMILES string of the molecule is CC(C)(C)NCCCN1CCCS1(=O)=O. The van der Waals surface area contributed by atoms with Crippen LogP contribution < -0.4 is 5.32 Å². The fraction of sp³-hybridized carbons (Fsp3) is 1.00. The molecule has 4 nitrogen and oxygen atoms in total. The summed E-state index contributed by atoms with van der Waals surface area (Å²) in [5.41, 5.74) is 0.115. The maximum Gasteiger partial charge on any atom is 0.214 e. The third-order valence-electron chi connectivity index (χ3n) is 2.44. The van der Waals surface area contributed by atoms with Crippen LogP contribution in [0, 0.1) is 0 Å². The molecule has 0 aromatic rings. The van der Waals surface area contributed by atoms with E-state index in [1.165, 1.54) is 0 Å². The summed E-state index contributed by atoms with van der Waals surface area (Å²) in [7, 11) is -2.90. The Morgan fingerprint density at radius 3 is 2.47 bits per heavy atom. The molecule has 0 radical (unpaired) electrons. The predicted octanol–water partition coefficient (Wildman–Crippen LogP) is 0.800. The number of hydrogen-bond acceptors (Lipinski definition) is 3. The zero-order valence-corrected chi connectivity index (χ0v) is 10.7. The van der Waals surface area contributed by atoms with Crippen molar-refractivity contribution in [2.45, 2.75) is 39.2 Å². The van der Waals surface area contributed by atoms with E-state index in [4.69, 9.17) is 0 Å². The van der Waals surface area contributed by atoms with Crippen molar-refractivity contribution < 1.29 is 8.42 Å². The Balaban J connectivity index is 2.21. The third kappa shape index (κ3) is 4.49. The molecule has 0 aliphatic carbocycles. The second kappa shape index (κ2) is 4.80. The fourth-order valence-corrected chi connectivity index (χ4v) is 3.23. The topological polar surface area (TPSA) is 49.4 Å². The molecular formula is C10H22N2O2S. The third-order valence-corrected chi connectivity index (χ3v) is 4.40. The molecule has 90 valence electrons. The molecular weight excluding hydrogens is 212 g/mol. The van der Waals surface area contributed by atoms with Gasteiger partial charge in [-0.3, -0.25) is 0 Å². The fourth-order valence-electron chi connectivity index (χ4n) is 1.66. The zero-order valence-electron chi connectivity index (χ0n) is 9.91. The molecule has 1 fully saturated rings. The van der Waals surface area contributed by atoms with E-state index in [2.05, 4.69) is 26.1 Å². The summed E-state index contributed by atoms with van der Waals surface area (Å²) in [6.45, 7) is 8.57. The first-order chi connectivity index (χ1) is 6.81. The normalized spacial score (nSPS) is 22.1. The van der Waals surface area contributed by atoms with Crippen LogP contribution >= 0.6 is 0 Å². The van der Waals surface area contributed by atoms with E-state index in [1.54, 1.807) is 4.31 Å². The molecule has 1 heterocycles. The maximum absolute atomic E-state index is 11.5. The predicted molar refractivity (Wildman–Crippen MR) is 62.3 cm³/mol. The van der Waals surface area contributed by atoms with Crippen molar-refractivity contribution in [2.24, 2.45) is 0 Å². The van der Waals surface area contributed by atoms with Crippen LogP contribution in [0.15, 0.2) is 0 Å². The first-order valence-electron chi connectivity index (χ1n) is 5.54. The second-order valence-corrected chi connectivity index (χ2v) is 7.19. The van der Waals surface area contributed by atoms with Gasteiger partial charge in [0, 0.05) is 18.6 Å². The van der Waals surface area contributed by atoms with Crippen LogP contribution in [-0.2, 0) is 10.0 Å². The largest absolute Gasteiger partial charge is 0.312 e. The van der Waals surface area contributed by atoms with E-state index in [-0.39, 0.29) is 5.54 Å². The Kier molecular flexibility index (Phi) is 4.14. The minimum atomic E-state index is -2.90. The second-order valence-electron chi connectivity index (χ2n) is 5.10. The molecule has 0 unspecified atom stereocenters. The Bertz CT molecular complexity index is 293. The van der Waals surface area contributed by atoms with Crippen LogP contribution in [0.3, 0.4) is 0 Å². The molecule has 0 aromatic heterocycles. The number of hydrogen-bond donors (Lipinski definition) is 1. The van der Waals surface area contributed by atoms with E-state index >= 15 is 0 Å². The molecule has 1 N–H and O–H groups in total. The van der Waals surface area contributed by atoms with Gasteiger partial charge in [0.15, 0.2) is 0 Å². The summed E-state index contributed by atoms with van der Waals surface area (Å²) in [4.78, 5) is 0. The van der Waals surface area contributed by atoms with Crippen LogP contribution in [-0.4, -0.2) is 43.6 Å². The van der Waals surface area contributed by atoms with E-state index in [0.717, 1.165) is 19.4 Å². The van der Waals surface area contributed by atoms with Crippen LogP contribution in [0.1, 0.15) is 33.6 Å². The highest BCUT2D eigenvalue weighted by Gasteiger charge is 2.27. The summed E-state index contributed by atoms with van der Waals surface area (Å²) in [5, 5.41) is 3.35. The Morgan fingerprint density at radius 2 is 2.00 bits per heavy atom. The molecule has 1 saturated heterocycles. The zero-order chi connectivity index (χ0) is 11.5. The van der Waals surface area contributed by atoms with Gasteiger partial charge in [0.2, 0.25) is 10.0 Å². The molecule has 0 aromatic carbocycles. The molecule has 0 amide bonds. The van der Waals surface area contributed by atoms with Crippen molar-refractivity contribution in [1.29, 1.82) is 0 Å². The number of nitrogens with one attached hydrogen (secondary N) is 1. The lowest BCUT2D eigenvalue weighted by Crippen LogP contribution is -2.38. The molecule has 0 bridgehead atoms. The molecule has 1 rings (SSSR count). The van der Waals surface area contributed by atoms with Gasteiger partial charge in [-0.15, -0.1) is 0 Å². The smallest absolute Gasteiger partial charge is 0.214 e. The molecule has 5 heteroatoms. The molecule has 0 spiro atoms. The summed E-state index contributed by atoms with van der Waals surface area (Å²) in [6.07, 6.45) is 1.67. The van der Waals surface area contributed by atoms with Crippen molar-refractivity contribution in [3.63, 3.8) is 0 Å². The van der Waals surface area contributed by atoms with Gasteiger partial charge >= 0.3 is 0 Å². The van der Waals surface area contributed by atoms with Gasteiger partial charge in [0.1, 0.15) is 0 Å². The highest BCUT2D eigenvalue weighted by atomic mass is 32.2. The first-order valence-corrected chi connectivity index (χ1v) is 7.15. The molecule has 1 aliphatic rings. The Hall–Kier alpha value is -0.130. The molecule has 15 heavy (non-hydrogen) atoms. The molecule has 0 atom stereocenters. The number of rotatable bonds is 4. The van der Waals surface area contributed by atoms with Crippen LogP contribution in [0.5, 0.6) is 0 Å². The van der Waals surface area contributed by atoms with Gasteiger partial charge in [0.25, 0.3) is 0 Å². The van der Waals surface area contributed by atoms with Gasteiger partial charge in [0.05, 0.1) is 5.75 Å². The standard InChI is InChI=1S/C10H22N2O2S/c1-10(2,3)11-6-4-7-12-8-5-9-15(12,13)14/h11H,4-9H2,1-3H3. The van der Waals surface area contributed by atoms with E-state index < -0.39 is 10.0 Å². The van der Waals surface area contributed by atoms with Gasteiger partial charge in [-0.05, 0) is 40.2 Å². The number of nitrogens with zero attached hydrogens (tertiary/aromatic N) is 1. The highest BCUT2D eigenvalue weighted by Crippen LogP contribution is 2.13. The average molecular weight is 234 g/mol. The summed E-state index contributed by atoms with van der Waals surface area (Å²) in [6, 6.07) is 0. The quantitative estimate of drug-likeness (QED) is 0.732. The van der Waals surface area contributed by atoms with E-state index in [9.17, 15) is 8.42 Å². The Labute approximate surface area is 93.1 Å². The van der Waals surface area contributed by atoms with Crippen molar-refractivity contribution >= 4 is 10.0 Å². The molecule has 1 aliphatic heterocycles. The van der Waals surface area contributed by atoms with Crippen LogP contribution in [0.4, 0.5) is 0 Å². The maximum atomic E-state index is 11.5. The average Bonchev–Trinajstić information content (AvgIpc) is 2.37. The monoisotopic (exact) mass is 234 g/mol. The summed E-state index contributed by atoms with van der Waals surface area (Å²) >= 11 is 0. The van der Waals surface area contributed by atoms with Gasteiger partial charge in [-0.1, -0.05) is 0 Å². The minimum absolute atomic E-state index is 0.115. The van der Waals surface area contributed by atoms with Crippen molar-refractivity contribution in [3.05, 3.63) is 0 Å². The summed E-state index contributed by atoms with van der Waals surface area (Å²) < 4.78 is 24.5. The lowest BCUT2D eigenvalue weighted by Gasteiger charge is -2.21. The lowest BCUT2D eigenvalue weighted by molar-refractivity contribution is 0.388. The van der Waals surface area contributed by atoms with Crippen LogP contribution in [0.2, 0.25) is 0 Å². The van der Waals surface area contributed by atoms with Gasteiger partial charge in [-0.25, -0.2) is 12.7 Å². The number of sulfonamides is 1.